The molecule has 2 amide bonds. The molecule has 2 rings (SSSR count). The number of carbonyl (C=O) groups is 4. The number of ether oxygens (including phenoxy) is 2. The minimum Gasteiger partial charge on any atom is -0.469 e. The number of aromatic amines is 1. The van der Waals surface area contributed by atoms with Crippen LogP contribution in [-0.4, -0.2) is 65.3 Å². The average molecular weight is 490 g/mol. The van der Waals surface area contributed by atoms with Crippen molar-refractivity contribution >= 4 is 41.7 Å². The molecule has 0 bridgehead atoms. The van der Waals surface area contributed by atoms with Crippen LogP contribution in [0.25, 0.3) is 0 Å². The molecular weight excluding hydrogens is 458 g/mol. The maximum Gasteiger partial charge on any atom is 0.328 e. The van der Waals surface area contributed by atoms with Crippen molar-refractivity contribution in [3.63, 3.8) is 0 Å². The van der Waals surface area contributed by atoms with Gasteiger partial charge in [0.05, 0.1) is 14.2 Å². The highest BCUT2D eigenvalue weighted by Crippen LogP contribution is 2.33. The second-order valence-corrected chi connectivity index (χ2v) is 8.76. The summed E-state index contributed by atoms with van der Waals surface area (Å²) >= 11 is 0. The van der Waals surface area contributed by atoms with Crippen LogP contribution in [-0.2, 0) is 28.7 Å². The number of aliphatic hydroxyl groups excluding tert-OH is 1. The first kappa shape index (κ1) is 27.4. The Balaban J connectivity index is 1.91. The van der Waals surface area contributed by atoms with Gasteiger partial charge in [-0.15, -0.1) is 0 Å². The molecule has 12 heteroatoms. The number of hydrogen-bond donors (Lipinski definition) is 4. The first-order valence-electron chi connectivity index (χ1n) is 10.9. The molecule has 2 heterocycles. The van der Waals surface area contributed by atoms with E-state index < -0.39 is 35.5 Å². The van der Waals surface area contributed by atoms with Crippen molar-refractivity contribution in [1.82, 2.24) is 15.2 Å². The van der Waals surface area contributed by atoms with Crippen LogP contribution < -0.4 is 10.6 Å². The molecule has 1 aromatic rings. The van der Waals surface area contributed by atoms with E-state index in [1.807, 2.05) is 0 Å². The van der Waals surface area contributed by atoms with E-state index in [-0.39, 0.29) is 31.6 Å². The number of methoxy groups -OCH3 is 2. The van der Waals surface area contributed by atoms with Crippen molar-refractivity contribution in [3.05, 3.63) is 11.6 Å². The number of hydrogen-bond acceptors (Lipinski definition) is 9. The lowest BCUT2D eigenvalue weighted by Gasteiger charge is -2.22. The molecule has 0 fully saturated rings. The molecular formula is C23H31N5O7. The molecule has 0 aliphatic carbocycles. The number of esters is 2. The number of nitrogens with one attached hydrogen (secondary N) is 3. The smallest absolute Gasteiger partial charge is 0.328 e. The van der Waals surface area contributed by atoms with Crippen LogP contribution in [0.15, 0.2) is 11.1 Å². The van der Waals surface area contributed by atoms with Gasteiger partial charge in [-0.05, 0) is 12.5 Å². The lowest BCUT2D eigenvalue weighted by Crippen LogP contribution is -2.41. The van der Waals surface area contributed by atoms with Crippen molar-refractivity contribution in [2.45, 2.75) is 58.7 Å². The van der Waals surface area contributed by atoms with Gasteiger partial charge in [0.25, 0.3) is 0 Å². The standard InChI is InChI=1S/C23H31N5O7/c1-23(2,3)22(33)27-16-12-14-19(26-16)24-13-28(20(14)31)11-7-6-8-17(29)25-15(21(32)35-5)9-10-18(30)34-4/h12-13,15,20,26,31H,6,8-10H2,1-5H3,(H,25,29)(H,27,33)/t15-,20?/m1/s1. The maximum absolute atomic E-state index is 12.2. The molecule has 0 saturated carbocycles. The number of anilines is 1. The summed E-state index contributed by atoms with van der Waals surface area (Å²) in [5.41, 5.74) is -0.148. The number of aromatic nitrogens is 1. The van der Waals surface area contributed by atoms with Crippen molar-refractivity contribution in [2.75, 3.05) is 19.5 Å². The third-order valence-electron chi connectivity index (χ3n) is 4.98. The molecule has 12 nitrogen and oxygen atoms in total. The third-order valence-corrected chi connectivity index (χ3v) is 4.98. The van der Waals surface area contributed by atoms with Gasteiger partial charge in [-0.3, -0.25) is 19.3 Å². The van der Waals surface area contributed by atoms with Gasteiger partial charge in [-0.1, -0.05) is 26.7 Å². The second-order valence-electron chi connectivity index (χ2n) is 8.76. The summed E-state index contributed by atoms with van der Waals surface area (Å²) in [5, 5.41) is 15.9. The highest BCUT2D eigenvalue weighted by atomic mass is 16.5. The van der Waals surface area contributed by atoms with Crippen LogP contribution in [0.1, 0.15) is 58.2 Å². The average Bonchev–Trinajstić information content (AvgIpc) is 3.22. The van der Waals surface area contributed by atoms with E-state index in [0.29, 0.717) is 17.2 Å². The largest absolute Gasteiger partial charge is 0.469 e. The van der Waals surface area contributed by atoms with Crippen LogP contribution in [0, 0.1) is 17.4 Å². The fourth-order valence-corrected chi connectivity index (χ4v) is 2.91. The summed E-state index contributed by atoms with van der Waals surface area (Å²) in [4.78, 5) is 55.9. The fraction of sp³-hybridized carbons (Fsp3) is 0.522. The van der Waals surface area contributed by atoms with Gasteiger partial charge in [0.2, 0.25) is 11.8 Å². The number of rotatable bonds is 8. The number of fused-ring (bicyclic) bond motifs is 1. The van der Waals surface area contributed by atoms with E-state index in [1.54, 1.807) is 26.8 Å². The zero-order valence-electron chi connectivity index (χ0n) is 20.4. The zero-order chi connectivity index (χ0) is 26.2. The minimum absolute atomic E-state index is 0.0157. The summed E-state index contributed by atoms with van der Waals surface area (Å²) in [6.45, 7) is 5.36. The van der Waals surface area contributed by atoms with E-state index in [0.717, 1.165) is 0 Å². The van der Waals surface area contributed by atoms with E-state index in [9.17, 15) is 24.3 Å². The maximum atomic E-state index is 12.2. The van der Waals surface area contributed by atoms with Crippen LogP contribution in [0.5, 0.6) is 0 Å². The second kappa shape index (κ2) is 12.0. The highest BCUT2D eigenvalue weighted by Gasteiger charge is 2.27. The molecule has 1 unspecified atom stereocenters. The molecule has 1 aliphatic rings. The zero-order valence-corrected chi connectivity index (χ0v) is 20.4. The normalized spacial score (nSPS) is 15.3. The van der Waals surface area contributed by atoms with Crippen molar-refractivity contribution < 1.29 is 33.8 Å². The van der Waals surface area contributed by atoms with Gasteiger partial charge < -0.3 is 30.2 Å². The predicted molar refractivity (Wildman–Crippen MR) is 126 cm³/mol. The number of aliphatic imine (C=N–C) groups is 1. The van der Waals surface area contributed by atoms with Gasteiger partial charge in [0.15, 0.2) is 6.23 Å². The highest BCUT2D eigenvalue weighted by molar-refractivity contribution is 5.94. The van der Waals surface area contributed by atoms with Crippen molar-refractivity contribution in [1.29, 1.82) is 0 Å². The molecule has 2 atom stereocenters. The Hall–Kier alpha value is -3.85. The van der Waals surface area contributed by atoms with E-state index in [1.165, 1.54) is 25.5 Å². The quantitative estimate of drug-likeness (QED) is 0.314. The van der Waals surface area contributed by atoms with E-state index in [4.69, 9.17) is 0 Å². The summed E-state index contributed by atoms with van der Waals surface area (Å²) in [6, 6.07) is 3.34. The topological polar surface area (TPSA) is 162 Å². The SMILES string of the molecule is COC(=O)CC[C@@H](NC(=O)CCC#CN1C=Nc2[nH]c(NC(=O)C(C)(C)C)cc2C1O)C(=O)OC. The van der Waals surface area contributed by atoms with Gasteiger partial charge >= 0.3 is 11.9 Å². The monoisotopic (exact) mass is 489 g/mol. The Morgan fingerprint density at radius 2 is 1.94 bits per heavy atom. The van der Waals surface area contributed by atoms with E-state index in [2.05, 4.69) is 42.0 Å². The molecule has 190 valence electrons. The van der Waals surface area contributed by atoms with Gasteiger partial charge in [-0.25, -0.2) is 9.79 Å². The molecule has 35 heavy (non-hydrogen) atoms. The Morgan fingerprint density at radius 3 is 2.57 bits per heavy atom. The number of aliphatic hydroxyl groups is 1. The molecule has 0 aromatic carbocycles. The summed E-state index contributed by atoms with van der Waals surface area (Å²) in [7, 11) is 2.42. The Kier molecular flexibility index (Phi) is 9.42. The number of amides is 2. The molecule has 4 N–H and O–H groups in total. The third kappa shape index (κ3) is 7.86. The van der Waals surface area contributed by atoms with Gasteiger partial charge in [-0.2, -0.15) is 0 Å². The fourth-order valence-electron chi connectivity index (χ4n) is 2.91. The Morgan fingerprint density at radius 1 is 1.23 bits per heavy atom. The molecule has 0 radical (unpaired) electrons. The Bertz CT molecular complexity index is 1040. The summed E-state index contributed by atoms with van der Waals surface area (Å²) in [5.74, 6) is 1.78. The summed E-state index contributed by atoms with van der Waals surface area (Å²) in [6.07, 6.45) is 0.336. The van der Waals surface area contributed by atoms with Crippen molar-refractivity contribution in [2.24, 2.45) is 10.4 Å². The first-order valence-corrected chi connectivity index (χ1v) is 10.9. The summed E-state index contributed by atoms with van der Waals surface area (Å²) < 4.78 is 9.20. The number of carbonyl (C=O) groups excluding carboxylic acids is 4. The predicted octanol–water partition coefficient (Wildman–Crippen LogP) is 1.32. The van der Waals surface area contributed by atoms with Crippen molar-refractivity contribution in [3.8, 4) is 12.0 Å². The first-order chi connectivity index (χ1) is 16.5. The van der Waals surface area contributed by atoms with Crippen LogP contribution in [0.3, 0.4) is 0 Å². The van der Waals surface area contributed by atoms with Gasteiger partial charge in [0.1, 0.15) is 24.0 Å². The molecule has 0 spiro atoms. The van der Waals surface area contributed by atoms with Crippen LogP contribution in [0.4, 0.5) is 11.6 Å². The Labute approximate surface area is 203 Å². The van der Waals surface area contributed by atoms with Gasteiger partial charge in [0, 0.05) is 36.3 Å². The molecule has 0 saturated heterocycles. The lowest BCUT2D eigenvalue weighted by molar-refractivity contribution is -0.146. The number of nitrogens with zero attached hydrogens (tertiary/aromatic N) is 2. The molecule has 1 aromatic heterocycles. The van der Waals surface area contributed by atoms with Crippen LogP contribution in [0.2, 0.25) is 0 Å². The minimum atomic E-state index is -1.12. The van der Waals surface area contributed by atoms with Crippen LogP contribution >= 0.6 is 0 Å². The lowest BCUT2D eigenvalue weighted by atomic mass is 9.96. The number of H-pyrrole nitrogens is 1. The van der Waals surface area contributed by atoms with E-state index >= 15 is 0 Å². The molecule has 1 aliphatic heterocycles.